The molecule has 0 spiro atoms. The molecule has 0 aliphatic carbocycles. The van der Waals surface area contributed by atoms with Crippen LogP contribution in [0.3, 0.4) is 0 Å². The van der Waals surface area contributed by atoms with E-state index in [1.54, 1.807) is 0 Å². The number of aliphatic hydroxyl groups excluding tert-OH is 1. The smallest absolute Gasteiger partial charge is 0.305 e. The van der Waals surface area contributed by atoms with E-state index in [4.69, 9.17) is 0 Å². The van der Waals surface area contributed by atoms with Crippen LogP contribution in [-0.4, -0.2) is 24.3 Å². The average molecular weight is 341 g/mol. The quantitative estimate of drug-likeness (QED) is 0.202. The predicted octanol–water partition coefficient (Wildman–Crippen LogP) is 5.95. The average Bonchev–Trinajstić information content (AvgIpc) is 2.59. The normalized spacial score (nSPS) is 12.6. The lowest BCUT2D eigenvalue weighted by Gasteiger charge is -2.07. The van der Waals surface area contributed by atoms with E-state index in [0.29, 0.717) is 6.42 Å². The van der Waals surface area contributed by atoms with Crippen molar-refractivity contribution in [3.63, 3.8) is 0 Å². The van der Waals surface area contributed by atoms with Gasteiger partial charge in [0.1, 0.15) is 0 Å². The van der Waals surface area contributed by atoms with Gasteiger partial charge in [-0.2, -0.15) is 0 Å². The van der Waals surface area contributed by atoms with Crippen LogP contribution >= 0.6 is 0 Å². The predicted molar refractivity (Wildman–Crippen MR) is 102 cm³/mol. The van der Waals surface area contributed by atoms with Crippen LogP contribution in [0.5, 0.6) is 0 Å². The first kappa shape index (κ1) is 23.2. The minimum Gasteiger partial charge on any atom is -0.469 e. The SMILES string of the molecule is CCCCCC[C@@H](O)C/C=C/CCCCCCCCCC(=O)OC. The molecule has 0 unspecified atom stereocenters. The number of aliphatic hydroxyl groups is 1. The molecule has 24 heavy (non-hydrogen) atoms. The molecule has 142 valence electrons. The van der Waals surface area contributed by atoms with E-state index in [2.05, 4.69) is 23.8 Å². The third-order valence-corrected chi connectivity index (χ3v) is 4.45. The molecule has 3 nitrogen and oxygen atoms in total. The molecule has 0 aromatic carbocycles. The van der Waals surface area contributed by atoms with Crippen LogP contribution in [0.25, 0.3) is 0 Å². The van der Waals surface area contributed by atoms with E-state index in [0.717, 1.165) is 38.5 Å². The summed E-state index contributed by atoms with van der Waals surface area (Å²) in [7, 11) is 1.45. The minimum absolute atomic E-state index is 0.0899. The zero-order chi connectivity index (χ0) is 17.9. The summed E-state index contributed by atoms with van der Waals surface area (Å²) < 4.78 is 4.62. The molecule has 0 aromatic rings. The highest BCUT2D eigenvalue weighted by Gasteiger charge is 2.01. The molecule has 0 aliphatic rings. The summed E-state index contributed by atoms with van der Waals surface area (Å²) in [4.78, 5) is 10.9. The van der Waals surface area contributed by atoms with Gasteiger partial charge < -0.3 is 9.84 Å². The number of hydrogen-bond donors (Lipinski definition) is 1. The lowest BCUT2D eigenvalue weighted by molar-refractivity contribution is -0.140. The fourth-order valence-corrected chi connectivity index (χ4v) is 2.81. The van der Waals surface area contributed by atoms with E-state index in [-0.39, 0.29) is 12.1 Å². The molecule has 0 amide bonds. The summed E-state index contributed by atoms with van der Waals surface area (Å²) in [5, 5.41) is 9.86. The van der Waals surface area contributed by atoms with Gasteiger partial charge >= 0.3 is 5.97 Å². The van der Waals surface area contributed by atoms with Gasteiger partial charge in [0.25, 0.3) is 0 Å². The van der Waals surface area contributed by atoms with Crippen molar-refractivity contribution in [3.8, 4) is 0 Å². The molecular weight excluding hydrogens is 300 g/mol. The van der Waals surface area contributed by atoms with E-state index in [9.17, 15) is 9.90 Å². The molecule has 0 saturated carbocycles. The van der Waals surface area contributed by atoms with Gasteiger partial charge in [-0.05, 0) is 32.1 Å². The minimum atomic E-state index is -0.150. The number of rotatable bonds is 17. The van der Waals surface area contributed by atoms with Crippen LogP contribution in [0.4, 0.5) is 0 Å². The van der Waals surface area contributed by atoms with Crippen molar-refractivity contribution in [3.05, 3.63) is 12.2 Å². The van der Waals surface area contributed by atoms with E-state index in [1.807, 2.05) is 0 Å². The fraction of sp³-hybridized carbons (Fsp3) is 0.857. The monoisotopic (exact) mass is 340 g/mol. The van der Waals surface area contributed by atoms with Gasteiger partial charge in [-0.3, -0.25) is 4.79 Å². The summed E-state index contributed by atoms with van der Waals surface area (Å²) >= 11 is 0. The zero-order valence-electron chi connectivity index (χ0n) is 16.1. The van der Waals surface area contributed by atoms with Crippen molar-refractivity contribution in [1.82, 2.24) is 0 Å². The molecule has 0 heterocycles. The maximum atomic E-state index is 10.9. The van der Waals surface area contributed by atoms with Crippen LogP contribution < -0.4 is 0 Å². The van der Waals surface area contributed by atoms with Gasteiger partial charge in [0.05, 0.1) is 13.2 Å². The van der Waals surface area contributed by atoms with Crippen molar-refractivity contribution in [2.45, 2.75) is 109 Å². The van der Waals surface area contributed by atoms with Gasteiger partial charge in [0.2, 0.25) is 0 Å². The number of allylic oxidation sites excluding steroid dienone is 1. The Morgan fingerprint density at radius 2 is 1.54 bits per heavy atom. The number of esters is 1. The Morgan fingerprint density at radius 1 is 0.917 bits per heavy atom. The Hall–Kier alpha value is -0.830. The Labute approximate surface area is 149 Å². The van der Waals surface area contributed by atoms with Crippen molar-refractivity contribution in [1.29, 1.82) is 0 Å². The standard InChI is InChI=1S/C21H40O3/c1-3-4-5-14-17-20(22)18-15-12-10-8-6-7-9-11-13-16-19-21(23)24-2/h12,15,20,22H,3-11,13-14,16-19H2,1-2H3/b15-12+/t20-/m1/s1. The van der Waals surface area contributed by atoms with E-state index < -0.39 is 0 Å². The Balaban J connectivity index is 3.24. The van der Waals surface area contributed by atoms with Crippen LogP contribution in [0.15, 0.2) is 12.2 Å². The number of carbonyl (C=O) groups excluding carboxylic acids is 1. The molecule has 0 radical (unpaired) electrons. The first-order valence-electron chi connectivity index (χ1n) is 10.1. The first-order valence-corrected chi connectivity index (χ1v) is 10.1. The molecule has 0 rings (SSSR count). The molecule has 1 N–H and O–H groups in total. The third kappa shape index (κ3) is 17.5. The molecule has 3 heteroatoms. The van der Waals surface area contributed by atoms with E-state index >= 15 is 0 Å². The van der Waals surface area contributed by atoms with Gasteiger partial charge in [0.15, 0.2) is 0 Å². The second kappa shape index (κ2) is 18.5. The second-order valence-corrected chi connectivity index (χ2v) is 6.80. The van der Waals surface area contributed by atoms with Crippen LogP contribution in [0.2, 0.25) is 0 Å². The van der Waals surface area contributed by atoms with Crippen molar-refractivity contribution in [2.24, 2.45) is 0 Å². The highest BCUT2D eigenvalue weighted by molar-refractivity contribution is 5.68. The largest absolute Gasteiger partial charge is 0.469 e. The highest BCUT2D eigenvalue weighted by atomic mass is 16.5. The van der Waals surface area contributed by atoms with Gasteiger partial charge in [-0.15, -0.1) is 0 Å². The maximum absolute atomic E-state index is 10.9. The Morgan fingerprint density at radius 3 is 2.21 bits per heavy atom. The highest BCUT2D eigenvalue weighted by Crippen LogP contribution is 2.11. The maximum Gasteiger partial charge on any atom is 0.305 e. The van der Waals surface area contributed by atoms with Crippen molar-refractivity contribution >= 4 is 5.97 Å². The number of ether oxygens (including phenoxy) is 1. The summed E-state index contributed by atoms with van der Waals surface area (Å²) in [6.45, 7) is 2.21. The lowest BCUT2D eigenvalue weighted by Crippen LogP contribution is -2.04. The Kier molecular flexibility index (Phi) is 17.9. The number of carbonyl (C=O) groups is 1. The third-order valence-electron chi connectivity index (χ3n) is 4.45. The first-order chi connectivity index (χ1) is 11.7. The lowest BCUT2D eigenvalue weighted by atomic mass is 10.1. The van der Waals surface area contributed by atoms with Gasteiger partial charge in [-0.25, -0.2) is 0 Å². The Bertz CT molecular complexity index is 299. The molecule has 0 fully saturated rings. The van der Waals surface area contributed by atoms with Gasteiger partial charge in [0, 0.05) is 6.42 Å². The van der Waals surface area contributed by atoms with Crippen LogP contribution in [0, 0.1) is 0 Å². The number of hydrogen-bond acceptors (Lipinski definition) is 3. The molecule has 1 atom stereocenters. The summed E-state index contributed by atoms with van der Waals surface area (Å²) in [6, 6.07) is 0. The van der Waals surface area contributed by atoms with Crippen LogP contribution in [-0.2, 0) is 9.53 Å². The van der Waals surface area contributed by atoms with E-state index in [1.165, 1.54) is 58.5 Å². The number of unbranched alkanes of at least 4 members (excludes halogenated alkanes) is 10. The molecule has 0 aliphatic heterocycles. The topological polar surface area (TPSA) is 46.5 Å². The molecular formula is C21H40O3. The van der Waals surface area contributed by atoms with Crippen LogP contribution in [0.1, 0.15) is 103 Å². The summed E-state index contributed by atoms with van der Waals surface area (Å²) in [6.07, 6.45) is 21.0. The fourth-order valence-electron chi connectivity index (χ4n) is 2.81. The number of methoxy groups -OCH3 is 1. The zero-order valence-corrected chi connectivity index (χ0v) is 16.1. The van der Waals surface area contributed by atoms with Crippen molar-refractivity contribution < 1.29 is 14.6 Å². The summed E-state index contributed by atoms with van der Waals surface area (Å²) in [5.41, 5.74) is 0. The molecule has 0 bridgehead atoms. The molecule has 0 aromatic heterocycles. The summed E-state index contributed by atoms with van der Waals surface area (Å²) in [5.74, 6) is -0.0899. The van der Waals surface area contributed by atoms with Crippen molar-refractivity contribution in [2.75, 3.05) is 7.11 Å². The molecule has 0 saturated heterocycles. The van der Waals surface area contributed by atoms with Gasteiger partial charge in [-0.1, -0.05) is 76.9 Å². The second-order valence-electron chi connectivity index (χ2n) is 6.80.